The van der Waals surface area contributed by atoms with Gasteiger partial charge in [0.2, 0.25) is 5.91 Å². The van der Waals surface area contributed by atoms with Crippen molar-refractivity contribution in [3.05, 3.63) is 70.6 Å². The van der Waals surface area contributed by atoms with E-state index in [9.17, 15) is 14.4 Å². The zero-order valence-corrected chi connectivity index (χ0v) is 17.5. The molecule has 1 aliphatic carbocycles. The monoisotopic (exact) mass is 420 g/mol. The molecule has 0 aliphatic heterocycles. The van der Waals surface area contributed by atoms with E-state index in [1.54, 1.807) is 16.7 Å². The molecule has 0 unspecified atom stereocenters. The van der Waals surface area contributed by atoms with Gasteiger partial charge in [-0.05, 0) is 36.5 Å². The van der Waals surface area contributed by atoms with Crippen molar-refractivity contribution >= 4 is 23.0 Å². The molecule has 1 saturated carbocycles. The lowest BCUT2D eigenvalue weighted by molar-refractivity contribution is -0.119. The molecule has 1 heterocycles. The number of carbonyl (C=O) groups is 2. The van der Waals surface area contributed by atoms with Gasteiger partial charge in [0.1, 0.15) is 6.04 Å². The first-order valence-electron chi connectivity index (χ1n) is 10.9. The number of hydrogen-bond donors (Lipinski definition) is 2. The number of nitrogens with one attached hydrogen (secondary N) is 1. The summed E-state index contributed by atoms with van der Waals surface area (Å²) in [4.78, 5) is 38.4. The van der Waals surface area contributed by atoms with Gasteiger partial charge in [0.25, 0.3) is 0 Å². The zero-order chi connectivity index (χ0) is 21.8. The summed E-state index contributed by atoms with van der Waals surface area (Å²) in [6, 6.07) is 15.1. The summed E-state index contributed by atoms with van der Waals surface area (Å²) in [5.74, 6) is -0.207. The van der Waals surface area contributed by atoms with Crippen LogP contribution in [-0.4, -0.2) is 27.1 Å². The number of primary amides is 1. The number of aromatic nitrogens is 2. The number of imidazole rings is 1. The van der Waals surface area contributed by atoms with Gasteiger partial charge < -0.3 is 11.1 Å². The number of amides is 2. The smallest absolute Gasteiger partial charge is 0.337 e. The lowest BCUT2D eigenvalue weighted by Crippen LogP contribution is -2.49. The predicted molar refractivity (Wildman–Crippen MR) is 120 cm³/mol. The van der Waals surface area contributed by atoms with Crippen LogP contribution in [0.3, 0.4) is 0 Å². The minimum atomic E-state index is -0.915. The molecule has 1 aromatic heterocycles. The van der Waals surface area contributed by atoms with Gasteiger partial charge in [-0.3, -0.25) is 9.36 Å². The second kappa shape index (κ2) is 9.20. The molecule has 0 spiro atoms. The molecule has 1 aliphatic rings. The molecule has 7 heteroatoms. The largest absolute Gasteiger partial charge is 0.368 e. The summed E-state index contributed by atoms with van der Waals surface area (Å²) in [7, 11) is 0. The van der Waals surface area contributed by atoms with Crippen LogP contribution >= 0.6 is 0 Å². The zero-order valence-electron chi connectivity index (χ0n) is 17.5. The van der Waals surface area contributed by atoms with Crippen molar-refractivity contribution in [1.29, 1.82) is 0 Å². The van der Waals surface area contributed by atoms with E-state index in [1.807, 2.05) is 42.5 Å². The van der Waals surface area contributed by atoms with Gasteiger partial charge in [0, 0.05) is 13.0 Å². The van der Waals surface area contributed by atoms with Crippen molar-refractivity contribution < 1.29 is 9.59 Å². The summed E-state index contributed by atoms with van der Waals surface area (Å²) < 4.78 is 2.82. The van der Waals surface area contributed by atoms with Gasteiger partial charge in [0.05, 0.1) is 11.0 Å². The first kappa shape index (κ1) is 20.9. The van der Waals surface area contributed by atoms with E-state index in [2.05, 4.69) is 5.32 Å². The molecule has 3 N–H and O–H groups in total. The van der Waals surface area contributed by atoms with Gasteiger partial charge in [-0.2, -0.15) is 0 Å². The Kier molecular flexibility index (Phi) is 6.21. The molecule has 1 atom stereocenters. The van der Waals surface area contributed by atoms with Crippen LogP contribution in [0, 0.1) is 5.92 Å². The lowest BCUT2D eigenvalue weighted by Gasteiger charge is -2.21. The number of nitrogens with zero attached hydrogens (tertiary/aromatic N) is 2. The van der Waals surface area contributed by atoms with Crippen molar-refractivity contribution in [2.75, 3.05) is 0 Å². The van der Waals surface area contributed by atoms with Crippen LogP contribution in [0.5, 0.6) is 0 Å². The maximum atomic E-state index is 13.3. The van der Waals surface area contributed by atoms with E-state index < -0.39 is 18.0 Å². The minimum Gasteiger partial charge on any atom is -0.368 e. The number of rotatable bonds is 6. The molecular weight excluding hydrogens is 392 g/mol. The molecule has 31 heavy (non-hydrogen) atoms. The van der Waals surface area contributed by atoms with Crippen LogP contribution in [0.4, 0.5) is 4.79 Å². The van der Waals surface area contributed by atoms with E-state index in [0.717, 1.165) is 28.5 Å². The van der Waals surface area contributed by atoms with Crippen molar-refractivity contribution in [1.82, 2.24) is 14.5 Å². The highest BCUT2D eigenvalue weighted by Crippen LogP contribution is 2.26. The molecule has 0 saturated heterocycles. The normalized spacial score (nSPS) is 15.6. The van der Waals surface area contributed by atoms with Crippen molar-refractivity contribution in [3.8, 4) is 0 Å². The van der Waals surface area contributed by atoms with Crippen LogP contribution < -0.4 is 16.7 Å². The minimum absolute atomic E-state index is 0.261. The van der Waals surface area contributed by atoms with Gasteiger partial charge in [-0.1, -0.05) is 61.7 Å². The fourth-order valence-corrected chi connectivity index (χ4v) is 4.50. The van der Waals surface area contributed by atoms with Gasteiger partial charge >= 0.3 is 11.7 Å². The Morgan fingerprint density at radius 3 is 2.29 bits per heavy atom. The topological polar surface area (TPSA) is 99.1 Å². The number of carbonyl (C=O) groups excluding carboxylic acids is 2. The third-order valence-electron chi connectivity index (χ3n) is 6.13. The third-order valence-corrected chi connectivity index (χ3v) is 6.13. The molecule has 3 aromatic rings. The number of fused-ring (bicyclic) bond motifs is 1. The molecule has 1 fully saturated rings. The van der Waals surface area contributed by atoms with Crippen LogP contribution in [-0.2, 0) is 17.8 Å². The van der Waals surface area contributed by atoms with Gasteiger partial charge in [0.15, 0.2) is 0 Å². The maximum Gasteiger partial charge on any atom is 0.337 e. The average molecular weight is 421 g/mol. The summed E-state index contributed by atoms with van der Waals surface area (Å²) in [6.45, 7) is 0.600. The molecule has 2 aromatic carbocycles. The van der Waals surface area contributed by atoms with E-state index >= 15 is 0 Å². The summed E-state index contributed by atoms with van der Waals surface area (Å²) in [6.07, 6.45) is 6.05. The van der Waals surface area contributed by atoms with E-state index in [0.29, 0.717) is 18.0 Å². The van der Waals surface area contributed by atoms with Crippen LogP contribution in [0.15, 0.2) is 59.4 Å². The fourth-order valence-electron chi connectivity index (χ4n) is 4.50. The highest BCUT2D eigenvalue weighted by molar-refractivity contribution is 5.92. The van der Waals surface area contributed by atoms with Gasteiger partial charge in [-0.25, -0.2) is 14.2 Å². The SMILES string of the molecule is NC(=O)[C@H](Cc1ccccc1)NC(=O)n1c(=O)n(CC2CCCCC2)c2ccccc21. The Labute approximate surface area is 180 Å². The van der Waals surface area contributed by atoms with Crippen molar-refractivity contribution in [2.45, 2.75) is 51.1 Å². The first-order chi connectivity index (χ1) is 15.0. The molecule has 4 rings (SSSR count). The molecule has 162 valence electrons. The summed E-state index contributed by atoms with van der Waals surface area (Å²) >= 11 is 0. The van der Waals surface area contributed by atoms with Crippen molar-refractivity contribution in [2.24, 2.45) is 11.7 Å². The quantitative estimate of drug-likeness (QED) is 0.641. The molecule has 2 amide bonds. The average Bonchev–Trinajstić information content (AvgIpc) is 3.06. The Hall–Kier alpha value is -3.35. The van der Waals surface area contributed by atoms with Gasteiger partial charge in [-0.15, -0.1) is 0 Å². The van der Waals surface area contributed by atoms with E-state index in [1.165, 1.54) is 19.3 Å². The molecule has 0 bridgehead atoms. The van der Waals surface area contributed by atoms with Crippen LogP contribution in [0.1, 0.15) is 37.7 Å². The predicted octanol–water partition coefficient (Wildman–Crippen LogP) is 3.04. The second-order valence-electron chi connectivity index (χ2n) is 8.32. The Bertz CT molecular complexity index is 1130. The van der Waals surface area contributed by atoms with Crippen LogP contribution in [0.2, 0.25) is 0 Å². The Morgan fingerprint density at radius 2 is 1.61 bits per heavy atom. The van der Waals surface area contributed by atoms with E-state index in [4.69, 9.17) is 5.73 Å². The molecular formula is C24H28N4O3. The third kappa shape index (κ3) is 4.55. The number of hydrogen-bond acceptors (Lipinski definition) is 3. The number of benzene rings is 2. The van der Waals surface area contributed by atoms with Crippen molar-refractivity contribution in [3.63, 3.8) is 0 Å². The Morgan fingerprint density at radius 1 is 0.968 bits per heavy atom. The highest BCUT2D eigenvalue weighted by atomic mass is 16.2. The number of nitrogens with two attached hydrogens (primary N) is 1. The van der Waals surface area contributed by atoms with E-state index in [-0.39, 0.29) is 12.1 Å². The lowest BCUT2D eigenvalue weighted by atomic mass is 9.89. The number of para-hydroxylation sites is 2. The molecule has 7 nitrogen and oxygen atoms in total. The summed E-state index contributed by atoms with van der Waals surface area (Å²) in [5, 5.41) is 2.67. The Balaban J connectivity index is 1.63. The van der Waals surface area contributed by atoms with Crippen LogP contribution in [0.25, 0.3) is 11.0 Å². The fraction of sp³-hybridized carbons (Fsp3) is 0.375. The standard InChI is InChI=1S/C24H28N4O3/c25-22(29)19(15-17-9-3-1-4-10-17)26-23(30)28-21-14-8-7-13-20(21)27(24(28)31)16-18-11-5-2-6-12-18/h1,3-4,7-10,13-14,18-19H,2,5-6,11-12,15-16H2,(H2,25,29)(H,26,30)/t19-/m0/s1. The summed E-state index contributed by atoms with van der Waals surface area (Å²) in [5.41, 5.74) is 7.30. The first-order valence-corrected chi connectivity index (χ1v) is 10.9. The highest BCUT2D eigenvalue weighted by Gasteiger charge is 2.25. The second-order valence-corrected chi connectivity index (χ2v) is 8.32. The molecule has 0 radical (unpaired) electrons. The maximum absolute atomic E-state index is 13.3.